The lowest BCUT2D eigenvalue weighted by Crippen LogP contribution is -2.49. The minimum Gasteiger partial charge on any atom is -0.481 e. The maximum atomic E-state index is 12.2. The smallest absolute Gasteiger partial charge is 0.319 e. The van der Waals surface area contributed by atoms with Gasteiger partial charge in [-0.15, -0.1) is 0 Å². The molecular weight excluding hydrogens is 232 g/mol. The van der Waals surface area contributed by atoms with Gasteiger partial charge in [-0.3, -0.25) is 4.79 Å². The van der Waals surface area contributed by atoms with E-state index >= 15 is 0 Å². The summed E-state index contributed by atoms with van der Waals surface area (Å²) in [6.45, 7) is 5.08. The maximum absolute atomic E-state index is 12.2. The van der Waals surface area contributed by atoms with Gasteiger partial charge in [0, 0.05) is 26.2 Å². The zero-order chi connectivity index (χ0) is 13.1. The van der Waals surface area contributed by atoms with Crippen molar-refractivity contribution in [2.75, 3.05) is 26.2 Å². The Bertz CT molecular complexity index is 316. The number of piperidine rings is 2. The molecule has 2 saturated heterocycles. The molecule has 5 nitrogen and oxygen atoms in total. The molecule has 0 spiro atoms. The van der Waals surface area contributed by atoms with E-state index in [1.807, 2.05) is 9.80 Å². The predicted molar refractivity (Wildman–Crippen MR) is 67.3 cm³/mol. The summed E-state index contributed by atoms with van der Waals surface area (Å²) >= 11 is 0. The summed E-state index contributed by atoms with van der Waals surface area (Å²) < 4.78 is 0. The first-order chi connectivity index (χ1) is 8.58. The van der Waals surface area contributed by atoms with E-state index in [0.29, 0.717) is 31.8 Å². The van der Waals surface area contributed by atoms with E-state index in [-0.39, 0.29) is 11.9 Å². The first-order valence-corrected chi connectivity index (χ1v) is 6.84. The van der Waals surface area contributed by atoms with Crippen LogP contribution < -0.4 is 0 Å². The molecule has 0 aromatic heterocycles. The second kappa shape index (κ2) is 5.59. The molecule has 2 amide bonds. The Morgan fingerprint density at radius 2 is 1.39 bits per heavy atom. The van der Waals surface area contributed by atoms with Crippen LogP contribution in [-0.4, -0.2) is 53.1 Å². The lowest BCUT2D eigenvalue weighted by molar-refractivity contribution is -0.143. The number of nitrogens with zero attached hydrogens (tertiary/aromatic N) is 2. The zero-order valence-corrected chi connectivity index (χ0v) is 11.0. The third-order valence-electron chi connectivity index (χ3n) is 4.17. The van der Waals surface area contributed by atoms with Gasteiger partial charge < -0.3 is 14.9 Å². The minimum atomic E-state index is -0.728. The molecule has 102 valence electrons. The van der Waals surface area contributed by atoms with E-state index in [1.54, 1.807) is 0 Å². The quantitative estimate of drug-likeness (QED) is 0.773. The van der Waals surface area contributed by atoms with E-state index in [0.717, 1.165) is 25.9 Å². The van der Waals surface area contributed by atoms with E-state index in [1.165, 1.54) is 0 Å². The molecule has 0 unspecified atom stereocenters. The molecule has 0 aliphatic carbocycles. The third-order valence-corrected chi connectivity index (χ3v) is 4.17. The van der Waals surface area contributed by atoms with Crippen molar-refractivity contribution >= 4 is 12.0 Å². The molecular formula is C13H22N2O3. The number of carboxylic acid groups (broad SMARTS) is 1. The maximum Gasteiger partial charge on any atom is 0.319 e. The Morgan fingerprint density at radius 1 is 0.944 bits per heavy atom. The van der Waals surface area contributed by atoms with Crippen LogP contribution in [0.4, 0.5) is 4.79 Å². The molecule has 5 heteroatoms. The number of carboxylic acids is 1. The number of likely N-dealkylation sites (tertiary alicyclic amines) is 2. The Hall–Kier alpha value is -1.26. The van der Waals surface area contributed by atoms with Gasteiger partial charge in [0.1, 0.15) is 0 Å². The van der Waals surface area contributed by atoms with E-state index in [2.05, 4.69) is 6.92 Å². The number of carbonyl (C=O) groups is 2. The molecule has 18 heavy (non-hydrogen) atoms. The average Bonchev–Trinajstić information content (AvgIpc) is 2.39. The van der Waals surface area contributed by atoms with Crippen LogP contribution in [0.2, 0.25) is 0 Å². The summed E-state index contributed by atoms with van der Waals surface area (Å²) in [6, 6.07) is 0.103. The first kappa shape index (κ1) is 13.2. The Labute approximate surface area is 108 Å². The fourth-order valence-corrected chi connectivity index (χ4v) is 2.72. The summed E-state index contributed by atoms with van der Waals surface area (Å²) in [4.78, 5) is 26.8. The molecule has 2 rings (SSSR count). The summed E-state index contributed by atoms with van der Waals surface area (Å²) in [6.07, 6.45) is 3.34. The lowest BCUT2D eigenvalue weighted by atomic mass is 9.97. The minimum absolute atomic E-state index is 0.103. The lowest BCUT2D eigenvalue weighted by Gasteiger charge is -2.37. The molecule has 2 fully saturated rings. The highest BCUT2D eigenvalue weighted by molar-refractivity contribution is 5.75. The van der Waals surface area contributed by atoms with Gasteiger partial charge in [0.2, 0.25) is 0 Å². The molecule has 1 N–H and O–H groups in total. The number of aliphatic carboxylic acids is 1. The zero-order valence-electron chi connectivity index (χ0n) is 11.0. The van der Waals surface area contributed by atoms with Gasteiger partial charge in [-0.05, 0) is 31.6 Å². The van der Waals surface area contributed by atoms with Crippen LogP contribution in [0.25, 0.3) is 0 Å². The Balaban J connectivity index is 1.82. The molecule has 0 aromatic rings. The average molecular weight is 254 g/mol. The van der Waals surface area contributed by atoms with Crippen molar-refractivity contribution in [3.8, 4) is 0 Å². The van der Waals surface area contributed by atoms with Crippen molar-refractivity contribution < 1.29 is 14.7 Å². The number of amides is 2. The highest BCUT2D eigenvalue weighted by Crippen LogP contribution is 2.21. The number of urea groups is 1. The van der Waals surface area contributed by atoms with Crippen LogP contribution in [0.5, 0.6) is 0 Å². The summed E-state index contributed by atoms with van der Waals surface area (Å²) in [7, 11) is 0. The van der Waals surface area contributed by atoms with E-state index < -0.39 is 5.97 Å². The molecule has 0 aromatic carbocycles. The number of carbonyl (C=O) groups excluding carboxylic acids is 1. The monoisotopic (exact) mass is 254 g/mol. The molecule has 2 heterocycles. The molecule has 0 atom stereocenters. The summed E-state index contributed by atoms with van der Waals surface area (Å²) in [5.74, 6) is -0.281. The topological polar surface area (TPSA) is 60.9 Å². The van der Waals surface area contributed by atoms with Gasteiger partial charge in [0.25, 0.3) is 0 Å². The van der Waals surface area contributed by atoms with E-state index in [4.69, 9.17) is 5.11 Å². The number of rotatable bonds is 1. The first-order valence-electron chi connectivity index (χ1n) is 6.84. The van der Waals surface area contributed by atoms with Crippen LogP contribution in [0.3, 0.4) is 0 Å². The van der Waals surface area contributed by atoms with Gasteiger partial charge in [-0.2, -0.15) is 0 Å². The van der Waals surface area contributed by atoms with Gasteiger partial charge >= 0.3 is 12.0 Å². The fraction of sp³-hybridized carbons (Fsp3) is 0.846. The Morgan fingerprint density at radius 3 is 1.83 bits per heavy atom. The van der Waals surface area contributed by atoms with Gasteiger partial charge in [0.15, 0.2) is 0 Å². The predicted octanol–water partition coefficient (Wildman–Crippen LogP) is 1.63. The highest BCUT2D eigenvalue weighted by atomic mass is 16.4. The normalized spacial score (nSPS) is 23.2. The SMILES string of the molecule is CC1CCN(C(=O)N2CCC(C(=O)O)CC2)CC1. The van der Waals surface area contributed by atoms with Crippen molar-refractivity contribution in [3.05, 3.63) is 0 Å². The van der Waals surface area contributed by atoms with Crippen LogP contribution in [0.1, 0.15) is 32.6 Å². The van der Waals surface area contributed by atoms with Crippen molar-refractivity contribution in [1.29, 1.82) is 0 Å². The Kier molecular flexibility index (Phi) is 4.09. The largest absolute Gasteiger partial charge is 0.481 e. The van der Waals surface area contributed by atoms with Crippen molar-refractivity contribution in [3.63, 3.8) is 0 Å². The molecule has 2 aliphatic rings. The molecule has 2 aliphatic heterocycles. The van der Waals surface area contributed by atoms with Crippen molar-refractivity contribution in [2.24, 2.45) is 11.8 Å². The molecule has 0 bridgehead atoms. The molecule has 0 saturated carbocycles. The van der Waals surface area contributed by atoms with Crippen LogP contribution in [-0.2, 0) is 4.79 Å². The number of hydrogen-bond donors (Lipinski definition) is 1. The van der Waals surface area contributed by atoms with Gasteiger partial charge in [-0.25, -0.2) is 4.79 Å². The second-order valence-electron chi connectivity index (χ2n) is 5.55. The third kappa shape index (κ3) is 2.94. The summed E-state index contributed by atoms with van der Waals surface area (Å²) in [5, 5.41) is 8.93. The van der Waals surface area contributed by atoms with Crippen LogP contribution in [0, 0.1) is 11.8 Å². The number of hydrogen-bond acceptors (Lipinski definition) is 2. The fourth-order valence-electron chi connectivity index (χ4n) is 2.72. The van der Waals surface area contributed by atoms with E-state index in [9.17, 15) is 9.59 Å². The van der Waals surface area contributed by atoms with Gasteiger partial charge in [0.05, 0.1) is 5.92 Å². The highest BCUT2D eigenvalue weighted by Gasteiger charge is 2.30. The van der Waals surface area contributed by atoms with Gasteiger partial charge in [-0.1, -0.05) is 6.92 Å². The molecule has 0 radical (unpaired) electrons. The van der Waals surface area contributed by atoms with Crippen molar-refractivity contribution in [1.82, 2.24) is 9.80 Å². The van der Waals surface area contributed by atoms with Crippen LogP contribution in [0.15, 0.2) is 0 Å². The second-order valence-corrected chi connectivity index (χ2v) is 5.55. The van der Waals surface area contributed by atoms with Crippen LogP contribution >= 0.6 is 0 Å². The summed E-state index contributed by atoms with van der Waals surface area (Å²) in [5.41, 5.74) is 0. The standard InChI is InChI=1S/C13H22N2O3/c1-10-2-6-14(7-3-10)13(18)15-8-4-11(5-9-15)12(16)17/h10-11H,2-9H2,1H3,(H,16,17). The van der Waals surface area contributed by atoms with Crippen molar-refractivity contribution in [2.45, 2.75) is 32.6 Å².